The molecule has 1 heterocycles. The molecule has 1 unspecified atom stereocenters. The second-order valence-electron chi connectivity index (χ2n) is 4.97. The molecule has 0 spiro atoms. The van der Waals surface area contributed by atoms with Gasteiger partial charge in [-0.15, -0.1) is 0 Å². The van der Waals surface area contributed by atoms with Crippen LogP contribution >= 0.6 is 0 Å². The predicted molar refractivity (Wildman–Crippen MR) is 60.0 cm³/mol. The van der Waals surface area contributed by atoms with Crippen LogP contribution in [0.2, 0.25) is 0 Å². The molecule has 1 saturated heterocycles. The molecule has 4 nitrogen and oxygen atoms in total. The number of nitrogens with two attached hydrogens (primary N) is 1. The Bertz CT molecular complexity index is 337. The van der Waals surface area contributed by atoms with Crippen LogP contribution in [0.25, 0.3) is 0 Å². The molecule has 0 aromatic rings. The molecule has 2 aliphatic rings. The van der Waals surface area contributed by atoms with Gasteiger partial charge in [-0.25, -0.2) is 8.42 Å². The first-order valence-corrected chi connectivity index (χ1v) is 7.23. The molecule has 1 aliphatic heterocycles. The summed E-state index contributed by atoms with van der Waals surface area (Å²) in [5, 5.41) is -0.124. The van der Waals surface area contributed by atoms with Crippen molar-refractivity contribution < 1.29 is 8.42 Å². The van der Waals surface area contributed by atoms with Crippen LogP contribution in [-0.4, -0.2) is 36.6 Å². The molecule has 15 heavy (non-hydrogen) atoms. The zero-order chi connectivity index (χ0) is 11.1. The van der Waals surface area contributed by atoms with Gasteiger partial charge in [0.2, 0.25) is 10.0 Å². The van der Waals surface area contributed by atoms with Gasteiger partial charge in [0.1, 0.15) is 0 Å². The van der Waals surface area contributed by atoms with Crippen molar-refractivity contribution in [3.8, 4) is 0 Å². The molecule has 0 aromatic carbocycles. The van der Waals surface area contributed by atoms with Gasteiger partial charge in [0.05, 0.1) is 5.25 Å². The highest BCUT2D eigenvalue weighted by molar-refractivity contribution is 7.89. The Morgan fingerprint density at radius 3 is 2.53 bits per heavy atom. The van der Waals surface area contributed by atoms with E-state index in [9.17, 15) is 8.42 Å². The molecule has 0 bridgehead atoms. The van der Waals surface area contributed by atoms with Gasteiger partial charge in [-0.3, -0.25) is 0 Å². The molecule has 2 N–H and O–H groups in total. The van der Waals surface area contributed by atoms with Gasteiger partial charge >= 0.3 is 0 Å². The van der Waals surface area contributed by atoms with Gasteiger partial charge < -0.3 is 5.73 Å². The van der Waals surface area contributed by atoms with Crippen molar-refractivity contribution in [3.63, 3.8) is 0 Å². The maximum Gasteiger partial charge on any atom is 0.217 e. The third-order valence-electron chi connectivity index (χ3n) is 3.90. The van der Waals surface area contributed by atoms with Gasteiger partial charge in [0.25, 0.3) is 0 Å². The highest BCUT2D eigenvalue weighted by Crippen LogP contribution is 2.37. The summed E-state index contributed by atoms with van der Waals surface area (Å²) in [4.78, 5) is 0. The van der Waals surface area contributed by atoms with Crippen LogP contribution in [0.4, 0.5) is 0 Å². The summed E-state index contributed by atoms with van der Waals surface area (Å²) >= 11 is 0. The van der Waals surface area contributed by atoms with E-state index in [1.54, 1.807) is 4.31 Å². The van der Waals surface area contributed by atoms with Crippen LogP contribution in [0.5, 0.6) is 0 Å². The summed E-state index contributed by atoms with van der Waals surface area (Å²) in [6.07, 6.45) is 4.56. The van der Waals surface area contributed by atoms with Gasteiger partial charge in [-0.1, -0.05) is 6.42 Å². The van der Waals surface area contributed by atoms with Crippen LogP contribution in [0.3, 0.4) is 0 Å². The highest BCUT2D eigenvalue weighted by Gasteiger charge is 2.46. The lowest BCUT2D eigenvalue weighted by Gasteiger charge is -2.38. The van der Waals surface area contributed by atoms with E-state index in [1.165, 1.54) is 0 Å². The van der Waals surface area contributed by atoms with Crippen LogP contribution < -0.4 is 5.73 Å². The van der Waals surface area contributed by atoms with Gasteiger partial charge in [0.15, 0.2) is 0 Å². The molecule has 1 saturated carbocycles. The fraction of sp³-hybridized carbons (Fsp3) is 1.00. The van der Waals surface area contributed by atoms with Crippen molar-refractivity contribution in [1.29, 1.82) is 0 Å². The first kappa shape index (κ1) is 11.4. The minimum absolute atomic E-state index is 0.124. The van der Waals surface area contributed by atoms with E-state index in [0.29, 0.717) is 13.1 Å². The topological polar surface area (TPSA) is 63.4 Å². The SMILES string of the molecule is CC1(CN)CCCN1S(=O)(=O)C1CCC1. The van der Waals surface area contributed by atoms with Gasteiger partial charge in [0, 0.05) is 18.6 Å². The van der Waals surface area contributed by atoms with E-state index in [-0.39, 0.29) is 10.8 Å². The molecule has 88 valence electrons. The lowest BCUT2D eigenvalue weighted by molar-refractivity contribution is 0.265. The van der Waals surface area contributed by atoms with Crippen molar-refractivity contribution in [3.05, 3.63) is 0 Å². The van der Waals surface area contributed by atoms with E-state index >= 15 is 0 Å². The average molecular weight is 232 g/mol. The minimum Gasteiger partial charge on any atom is -0.329 e. The van der Waals surface area contributed by atoms with Crippen molar-refractivity contribution in [2.45, 2.75) is 49.8 Å². The number of sulfonamides is 1. The Labute approximate surface area is 91.9 Å². The average Bonchev–Trinajstić information content (AvgIpc) is 2.45. The Morgan fingerprint density at radius 1 is 1.40 bits per heavy atom. The first-order valence-electron chi connectivity index (χ1n) is 5.72. The van der Waals surface area contributed by atoms with Crippen LogP contribution in [0.15, 0.2) is 0 Å². The second kappa shape index (κ2) is 3.71. The summed E-state index contributed by atoms with van der Waals surface area (Å²) in [7, 11) is -3.07. The third-order valence-corrected chi connectivity index (χ3v) is 6.45. The van der Waals surface area contributed by atoms with Crippen LogP contribution in [-0.2, 0) is 10.0 Å². The van der Waals surface area contributed by atoms with Crippen LogP contribution in [0, 0.1) is 0 Å². The fourth-order valence-corrected chi connectivity index (χ4v) is 4.94. The summed E-state index contributed by atoms with van der Waals surface area (Å²) in [6.45, 7) is 3.06. The van der Waals surface area contributed by atoms with Crippen molar-refractivity contribution in [2.24, 2.45) is 5.73 Å². The van der Waals surface area contributed by atoms with Crippen molar-refractivity contribution in [1.82, 2.24) is 4.31 Å². The number of hydrogen-bond acceptors (Lipinski definition) is 3. The summed E-state index contributed by atoms with van der Waals surface area (Å²) < 4.78 is 26.2. The molecule has 1 atom stereocenters. The molecule has 0 amide bonds. The van der Waals surface area contributed by atoms with Crippen molar-refractivity contribution >= 4 is 10.0 Å². The monoisotopic (exact) mass is 232 g/mol. The van der Waals surface area contributed by atoms with Gasteiger partial charge in [-0.05, 0) is 32.6 Å². The Hall–Kier alpha value is -0.130. The third kappa shape index (κ3) is 1.70. The van der Waals surface area contributed by atoms with Gasteiger partial charge in [-0.2, -0.15) is 4.31 Å². The Morgan fingerprint density at radius 2 is 2.07 bits per heavy atom. The molecule has 0 radical (unpaired) electrons. The molecule has 2 rings (SSSR count). The second-order valence-corrected chi connectivity index (χ2v) is 7.11. The number of nitrogens with zero attached hydrogens (tertiary/aromatic N) is 1. The zero-order valence-corrected chi connectivity index (χ0v) is 10.1. The quantitative estimate of drug-likeness (QED) is 0.778. The number of rotatable bonds is 3. The fourth-order valence-electron chi connectivity index (χ4n) is 2.49. The summed E-state index contributed by atoms with van der Waals surface area (Å²) in [5.41, 5.74) is 5.38. The highest BCUT2D eigenvalue weighted by atomic mass is 32.2. The molecule has 2 fully saturated rings. The lowest BCUT2D eigenvalue weighted by Crippen LogP contribution is -2.53. The molecule has 5 heteroatoms. The standard InChI is InChI=1S/C10H20N2O2S/c1-10(8-11)6-3-7-12(10)15(13,14)9-4-2-5-9/h9H,2-8,11H2,1H3. The number of hydrogen-bond donors (Lipinski definition) is 1. The largest absolute Gasteiger partial charge is 0.329 e. The van der Waals surface area contributed by atoms with Crippen molar-refractivity contribution in [2.75, 3.05) is 13.1 Å². The summed E-state index contributed by atoms with van der Waals surface area (Å²) in [5.74, 6) is 0. The first-order chi connectivity index (χ1) is 7.00. The normalized spacial score (nSPS) is 34.3. The smallest absolute Gasteiger partial charge is 0.217 e. The van der Waals surface area contributed by atoms with E-state index in [0.717, 1.165) is 32.1 Å². The predicted octanol–water partition coefficient (Wildman–Crippen LogP) is 0.682. The van der Waals surface area contributed by atoms with E-state index in [4.69, 9.17) is 5.73 Å². The molecule has 1 aliphatic carbocycles. The Kier molecular flexibility index (Phi) is 2.81. The zero-order valence-electron chi connectivity index (χ0n) is 9.28. The van der Waals surface area contributed by atoms with Crippen LogP contribution in [0.1, 0.15) is 39.0 Å². The van der Waals surface area contributed by atoms with E-state index < -0.39 is 10.0 Å². The summed E-state index contributed by atoms with van der Waals surface area (Å²) in [6, 6.07) is 0. The Balaban J connectivity index is 2.22. The molecular weight excluding hydrogens is 212 g/mol. The molecular formula is C10H20N2O2S. The lowest BCUT2D eigenvalue weighted by atomic mass is 10.00. The maximum absolute atomic E-state index is 12.3. The molecule has 0 aromatic heterocycles. The van der Waals surface area contributed by atoms with E-state index in [2.05, 4.69) is 0 Å². The minimum atomic E-state index is -3.07. The van der Waals surface area contributed by atoms with E-state index in [1.807, 2.05) is 6.92 Å². The maximum atomic E-state index is 12.3.